The van der Waals surface area contributed by atoms with Crippen LogP contribution in [0, 0.1) is 5.82 Å². The fourth-order valence-corrected chi connectivity index (χ4v) is 3.79. The molecule has 0 fully saturated rings. The lowest BCUT2D eigenvalue weighted by atomic mass is 9.99. The fraction of sp³-hybridized carbons (Fsp3) is 0.0667. The van der Waals surface area contributed by atoms with Crippen LogP contribution in [-0.2, 0) is 0 Å². The molecule has 1 aromatic heterocycles. The molecule has 0 spiro atoms. The Labute approximate surface area is 123 Å². The molecule has 19 heavy (non-hydrogen) atoms. The average molecular weight is 336 g/mol. The number of nitrogens with two attached hydrogens (primary N) is 1. The summed E-state index contributed by atoms with van der Waals surface area (Å²) in [5.41, 5.74) is 7.74. The van der Waals surface area contributed by atoms with E-state index >= 15 is 0 Å². The summed E-state index contributed by atoms with van der Waals surface area (Å²) in [6.07, 6.45) is 0. The van der Waals surface area contributed by atoms with Crippen molar-refractivity contribution in [2.75, 3.05) is 0 Å². The topological polar surface area (TPSA) is 26.0 Å². The van der Waals surface area contributed by atoms with Gasteiger partial charge in [0.1, 0.15) is 5.82 Å². The van der Waals surface area contributed by atoms with E-state index in [9.17, 15) is 4.39 Å². The van der Waals surface area contributed by atoms with Gasteiger partial charge in [-0.3, -0.25) is 0 Å². The molecular formula is C15H11BrFNS. The summed E-state index contributed by atoms with van der Waals surface area (Å²) < 4.78 is 15.9. The van der Waals surface area contributed by atoms with E-state index in [1.807, 2.05) is 35.7 Å². The summed E-state index contributed by atoms with van der Waals surface area (Å²) in [4.78, 5) is 0. The monoisotopic (exact) mass is 335 g/mol. The Morgan fingerprint density at radius 3 is 2.68 bits per heavy atom. The van der Waals surface area contributed by atoms with Crippen molar-refractivity contribution < 1.29 is 4.39 Å². The molecule has 1 unspecified atom stereocenters. The Bertz CT molecular complexity index is 718. The van der Waals surface area contributed by atoms with Gasteiger partial charge in [-0.2, -0.15) is 0 Å². The zero-order chi connectivity index (χ0) is 13.4. The minimum Gasteiger partial charge on any atom is -0.320 e. The van der Waals surface area contributed by atoms with Crippen LogP contribution in [-0.4, -0.2) is 0 Å². The Balaban J connectivity index is 2.16. The van der Waals surface area contributed by atoms with Crippen molar-refractivity contribution >= 4 is 37.4 Å². The molecule has 0 radical (unpaired) electrons. The van der Waals surface area contributed by atoms with Gasteiger partial charge in [0.15, 0.2) is 0 Å². The minimum absolute atomic E-state index is 0.280. The van der Waals surface area contributed by atoms with E-state index < -0.39 is 6.04 Å². The number of thiophene rings is 1. The molecule has 3 rings (SSSR count). The van der Waals surface area contributed by atoms with E-state index in [2.05, 4.69) is 15.9 Å². The highest BCUT2D eigenvalue weighted by Crippen LogP contribution is 2.35. The minimum atomic E-state index is -0.466. The lowest BCUT2D eigenvalue weighted by Gasteiger charge is -2.14. The quantitative estimate of drug-likeness (QED) is 0.711. The molecule has 4 heteroatoms. The molecule has 0 aliphatic heterocycles. The first kappa shape index (κ1) is 12.8. The predicted octanol–water partition coefficient (Wildman–Crippen LogP) is 4.85. The summed E-state index contributed by atoms with van der Waals surface area (Å²) in [5.74, 6) is -0.280. The number of rotatable bonds is 2. The van der Waals surface area contributed by atoms with Crippen molar-refractivity contribution in [2.45, 2.75) is 6.04 Å². The fourth-order valence-electron chi connectivity index (χ4n) is 2.20. The molecule has 0 aliphatic rings. The van der Waals surface area contributed by atoms with E-state index in [-0.39, 0.29) is 5.82 Å². The SMILES string of the molecule is NC(c1c(F)cccc1Br)c1csc2ccccc12. The van der Waals surface area contributed by atoms with E-state index in [1.54, 1.807) is 17.4 Å². The summed E-state index contributed by atoms with van der Waals surface area (Å²) in [6.45, 7) is 0. The van der Waals surface area contributed by atoms with Crippen LogP contribution in [0.5, 0.6) is 0 Å². The van der Waals surface area contributed by atoms with Crippen LogP contribution >= 0.6 is 27.3 Å². The van der Waals surface area contributed by atoms with Crippen LogP contribution in [0.3, 0.4) is 0 Å². The normalized spacial score (nSPS) is 12.8. The predicted molar refractivity (Wildman–Crippen MR) is 82.0 cm³/mol. The molecule has 0 bridgehead atoms. The second kappa shape index (κ2) is 5.04. The zero-order valence-corrected chi connectivity index (χ0v) is 12.3. The number of hydrogen-bond acceptors (Lipinski definition) is 2. The molecule has 1 nitrogen and oxygen atoms in total. The average Bonchev–Trinajstić information content (AvgIpc) is 2.82. The number of fused-ring (bicyclic) bond motifs is 1. The maximum absolute atomic E-state index is 14.0. The number of halogens is 2. The molecule has 1 atom stereocenters. The van der Waals surface area contributed by atoms with E-state index in [4.69, 9.17) is 5.73 Å². The third-order valence-electron chi connectivity index (χ3n) is 3.16. The van der Waals surface area contributed by atoms with Gasteiger partial charge in [-0.15, -0.1) is 11.3 Å². The highest BCUT2D eigenvalue weighted by atomic mass is 79.9. The van der Waals surface area contributed by atoms with Gasteiger partial charge in [-0.25, -0.2) is 4.39 Å². The van der Waals surface area contributed by atoms with Crippen molar-refractivity contribution in [3.05, 3.63) is 69.3 Å². The second-order valence-electron chi connectivity index (χ2n) is 4.30. The van der Waals surface area contributed by atoms with Crippen molar-refractivity contribution in [1.29, 1.82) is 0 Å². The van der Waals surface area contributed by atoms with Gasteiger partial charge in [-0.1, -0.05) is 40.2 Å². The number of benzene rings is 2. The third-order valence-corrected chi connectivity index (χ3v) is 4.83. The van der Waals surface area contributed by atoms with Gasteiger partial charge < -0.3 is 5.73 Å². The van der Waals surface area contributed by atoms with E-state index in [0.29, 0.717) is 10.0 Å². The van der Waals surface area contributed by atoms with Crippen molar-refractivity contribution in [1.82, 2.24) is 0 Å². The summed E-state index contributed by atoms with van der Waals surface area (Å²) >= 11 is 5.01. The summed E-state index contributed by atoms with van der Waals surface area (Å²) in [5, 5.41) is 3.10. The van der Waals surface area contributed by atoms with Crippen LogP contribution in [0.4, 0.5) is 4.39 Å². The largest absolute Gasteiger partial charge is 0.320 e. The first-order chi connectivity index (χ1) is 9.18. The molecule has 0 saturated carbocycles. The molecular weight excluding hydrogens is 325 g/mol. The summed E-state index contributed by atoms with van der Waals surface area (Å²) in [6, 6.07) is 12.5. The van der Waals surface area contributed by atoms with Crippen molar-refractivity contribution in [2.24, 2.45) is 5.73 Å². The van der Waals surface area contributed by atoms with Crippen LogP contribution < -0.4 is 5.73 Å². The van der Waals surface area contributed by atoms with Crippen molar-refractivity contribution in [3.63, 3.8) is 0 Å². The molecule has 96 valence electrons. The lowest BCUT2D eigenvalue weighted by molar-refractivity contribution is 0.598. The first-order valence-electron chi connectivity index (χ1n) is 5.84. The maximum atomic E-state index is 14.0. The molecule has 1 heterocycles. The van der Waals surface area contributed by atoms with Crippen LogP contribution in [0.2, 0.25) is 0 Å². The van der Waals surface area contributed by atoms with E-state index in [1.165, 1.54) is 10.8 Å². The van der Waals surface area contributed by atoms with Gasteiger partial charge >= 0.3 is 0 Å². The standard InChI is InChI=1S/C15H11BrFNS/c16-11-5-3-6-12(17)14(11)15(18)10-8-19-13-7-2-1-4-9(10)13/h1-8,15H,18H2. The molecule has 0 amide bonds. The van der Waals surface area contributed by atoms with Gasteiger partial charge in [0.25, 0.3) is 0 Å². The van der Waals surface area contributed by atoms with Crippen molar-refractivity contribution in [3.8, 4) is 0 Å². The van der Waals surface area contributed by atoms with Gasteiger partial charge in [0.05, 0.1) is 6.04 Å². The second-order valence-corrected chi connectivity index (χ2v) is 6.07. The Morgan fingerprint density at radius 1 is 1.11 bits per heavy atom. The van der Waals surface area contributed by atoms with Crippen LogP contribution in [0.25, 0.3) is 10.1 Å². The summed E-state index contributed by atoms with van der Waals surface area (Å²) in [7, 11) is 0. The van der Waals surface area contributed by atoms with Crippen LogP contribution in [0.1, 0.15) is 17.2 Å². The van der Waals surface area contributed by atoms with Gasteiger partial charge in [0, 0.05) is 14.7 Å². The molecule has 0 saturated heterocycles. The highest BCUT2D eigenvalue weighted by Gasteiger charge is 2.19. The zero-order valence-electron chi connectivity index (χ0n) is 9.94. The van der Waals surface area contributed by atoms with Gasteiger partial charge in [0.2, 0.25) is 0 Å². The molecule has 2 N–H and O–H groups in total. The smallest absolute Gasteiger partial charge is 0.129 e. The van der Waals surface area contributed by atoms with Crippen LogP contribution in [0.15, 0.2) is 52.3 Å². The third kappa shape index (κ3) is 2.20. The number of hydrogen-bond donors (Lipinski definition) is 1. The Kier molecular flexibility index (Phi) is 3.39. The first-order valence-corrected chi connectivity index (χ1v) is 7.51. The maximum Gasteiger partial charge on any atom is 0.129 e. The van der Waals surface area contributed by atoms with E-state index in [0.717, 1.165) is 10.9 Å². The Hall–Kier alpha value is -1.23. The van der Waals surface area contributed by atoms with Gasteiger partial charge in [-0.05, 0) is 34.5 Å². The lowest BCUT2D eigenvalue weighted by Crippen LogP contribution is -2.13. The molecule has 2 aromatic carbocycles. The highest BCUT2D eigenvalue weighted by molar-refractivity contribution is 9.10. The Morgan fingerprint density at radius 2 is 1.89 bits per heavy atom. The molecule has 0 aliphatic carbocycles. The molecule has 3 aromatic rings.